The average molecular weight is 370 g/mol. The van der Waals surface area contributed by atoms with Crippen LogP contribution in [-0.4, -0.2) is 18.8 Å². The molecular formula is C14H13FN3O2S3-. The molecular weight excluding hydrogens is 357 g/mol. The molecule has 9 heteroatoms. The summed E-state index contributed by atoms with van der Waals surface area (Å²) >= 11 is 0.629. The smallest absolute Gasteiger partial charge is 0.151 e. The third-order valence-electron chi connectivity index (χ3n) is 2.54. The van der Waals surface area contributed by atoms with Crippen LogP contribution >= 0.6 is 23.1 Å². The molecule has 0 radical (unpaired) electrons. The lowest BCUT2D eigenvalue weighted by Crippen LogP contribution is -1.88. The second-order valence-corrected chi connectivity index (χ2v) is 7.84. The first-order valence-corrected chi connectivity index (χ1v) is 9.34. The summed E-state index contributed by atoms with van der Waals surface area (Å²) in [6.07, 6.45) is 0. The molecule has 0 aliphatic heterocycles. The summed E-state index contributed by atoms with van der Waals surface area (Å²) in [5.74, 6) is -0.251. The van der Waals surface area contributed by atoms with E-state index in [0.29, 0.717) is 11.4 Å². The van der Waals surface area contributed by atoms with Gasteiger partial charge in [0.2, 0.25) is 0 Å². The highest BCUT2D eigenvalue weighted by atomic mass is 32.2. The Labute approximate surface area is 143 Å². The minimum atomic E-state index is -2.04. The molecule has 3 aromatic rings. The van der Waals surface area contributed by atoms with Crippen molar-refractivity contribution in [1.29, 1.82) is 0 Å². The van der Waals surface area contributed by atoms with Crippen molar-refractivity contribution in [2.24, 2.45) is 0 Å². The lowest BCUT2D eigenvalue weighted by atomic mass is 10.3. The fourth-order valence-corrected chi connectivity index (χ4v) is 4.18. The number of aromatic nitrogens is 1. The molecule has 1 atom stereocenters. The number of thioether (sulfide) groups is 1. The molecule has 122 valence electrons. The van der Waals surface area contributed by atoms with E-state index in [1.54, 1.807) is 6.07 Å². The van der Waals surface area contributed by atoms with Crippen LogP contribution in [0.5, 0.6) is 0 Å². The van der Waals surface area contributed by atoms with Crippen molar-refractivity contribution in [3.8, 4) is 0 Å². The van der Waals surface area contributed by atoms with Gasteiger partial charge in [0.15, 0.2) is 4.34 Å². The lowest BCUT2D eigenvalue weighted by Gasteiger charge is -2.00. The standard InChI is InChI=1S/C8H8N2O2S3.C6H6FN/c9-5-1-2-6-7(3-5)14-8(10-6)13-4-15(11)12;7-5-1-3-6(8)4-2-5/h1-3H,4,9H2,(H,11,12);1-4H,8H2/p-1. The second-order valence-electron chi connectivity index (χ2n) is 4.32. The Morgan fingerprint density at radius 3 is 2.43 bits per heavy atom. The molecule has 1 aromatic heterocycles. The molecule has 0 amide bonds. The maximum atomic E-state index is 12.0. The molecule has 23 heavy (non-hydrogen) atoms. The largest absolute Gasteiger partial charge is 0.772 e. The van der Waals surface area contributed by atoms with E-state index in [4.69, 9.17) is 11.5 Å². The SMILES string of the molecule is Nc1ccc(F)cc1.Nc1ccc2nc(SCS(=O)[O-])sc2c1. The molecule has 1 heterocycles. The van der Waals surface area contributed by atoms with Gasteiger partial charge in [-0.2, -0.15) is 0 Å². The van der Waals surface area contributed by atoms with E-state index in [9.17, 15) is 13.2 Å². The molecule has 0 saturated carbocycles. The van der Waals surface area contributed by atoms with E-state index >= 15 is 0 Å². The number of rotatable bonds is 3. The van der Waals surface area contributed by atoms with Crippen LogP contribution in [0, 0.1) is 5.82 Å². The van der Waals surface area contributed by atoms with E-state index in [-0.39, 0.29) is 10.9 Å². The summed E-state index contributed by atoms with van der Waals surface area (Å²) in [5, 5.41) is 0.0370. The van der Waals surface area contributed by atoms with Crippen LogP contribution in [0.25, 0.3) is 10.2 Å². The van der Waals surface area contributed by atoms with Gasteiger partial charge in [0.25, 0.3) is 0 Å². The van der Waals surface area contributed by atoms with Crippen molar-refractivity contribution in [2.45, 2.75) is 4.34 Å². The molecule has 1 unspecified atom stereocenters. The van der Waals surface area contributed by atoms with Crippen LogP contribution in [0.4, 0.5) is 15.8 Å². The van der Waals surface area contributed by atoms with Gasteiger partial charge in [-0.1, -0.05) is 11.8 Å². The lowest BCUT2D eigenvalue weighted by molar-refractivity contribution is 0.542. The fourth-order valence-electron chi connectivity index (χ4n) is 1.54. The summed E-state index contributed by atoms with van der Waals surface area (Å²) in [6, 6.07) is 11.2. The van der Waals surface area contributed by atoms with Gasteiger partial charge in [-0.15, -0.1) is 11.3 Å². The molecule has 2 aromatic carbocycles. The zero-order valence-corrected chi connectivity index (χ0v) is 14.2. The maximum absolute atomic E-state index is 12.0. The Hall–Kier alpha value is -1.68. The molecule has 4 N–H and O–H groups in total. The number of halogens is 1. The summed E-state index contributed by atoms with van der Waals surface area (Å²) < 4.78 is 34.5. The van der Waals surface area contributed by atoms with Gasteiger partial charge in [0, 0.05) is 11.4 Å². The van der Waals surface area contributed by atoms with E-state index in [1.165, 1.54) is 47.4 Å². The Kier molecular flexibility index (Phi) is 6.34. The van der Waals surface area contributed by atoms with Gasteiger partial charge >= 0.3 is 0 Å². The number of nitrogen functional groups attached to an aromatic ring is 2. The van der Waals surface area contributed by atoms with Gasteiger partial charge in [0.05, 0.1) is 15.3 Å². The monoisotopic (exact) mass is 370 g/mol. The number of hydrogen-bond acceptors (Lipinski definition) is 7. The van der Waals surface area contributed by atoms with Crippen LogP contribution in [0.3, 0.4) is 0 Å². The van der Waals surface area contributed by atoms with Crippen LogP contribution in [-0.2, 0) is 11.1 Å². The predicted molar refractivity (Wildman–Crippen MR) is 94.5 cm³/mol. The van der Waals surface area contributed by atoms with Gasteiger partial charge in [0.1, 0.15) is 5.82 Å². The van der Waals surface area contributed by atoms with Crippen LogP contribution in [0.15, 0.2) is 46.8 Å². The molecule has 5 nitrogen and oxygen atoms in total. The van der Waals surface area contributed by atoms with Gasteiger partial charge in [-0.05, 0) is 53.5 Å². The molecule has 0 aliphatic carbocycles. The topological polar surface area (TPSA) is 105 Å². The summed E-state index contributed by atoms with van der Waals surface area (Å²) in [5.41, 5.74) is 13.0. The zero-order valence-electron chi connectivity index (χ0n) is 11.8. The Balaban J connectivity index is 0.000000203. The molecule has 0 saturated heterocycles. The summed E-state index contributed by atoms with van der Waals surface area (Å²) in [6.45, 7) is 0. The number of anilines is 2. The van der Waals surface area contributed by atoms with Crippen molar-refractivity contribution >= 4 is 55.8 Å². The highest BCUT2D eigenvalue weighted by molar-refractivity contribution is 8.10. The number of hydrogen-bond donors (Lipinski definition) is 2. The highest BCUT2D eigenvalue weighted by Gasteiger charge is 2.04. The quantitative estimate of drug-likeness (QED) is 0.417. The van der Waals surface area contributed by atoms with Crippen LogP contribution in [0.2, 0.25) is 0 Å². The first kappa shape index (κ1) is 17.7. The molecule has 0 aliphatic rings. The molecule has 0 bridgehead atoms. The Morgan fingerprint density at radius 1 is 1.17 bits per heavy atom. The molecule has 3 rings (SSSR count). The first-order valence-electron chi connectivity index (χ1n) is 6.30. The third kappa shape index (κ3) is 5.79. The molecule has 0 fully saturated rings. The van der Waals surface area contributed by atoms with E-state index in [0.717, 1.165) is 14.6 Å². The number of fused-ring (bicyclic) bond motifs is 1. The van der Waals surface area contributed by atoms with Crippen molar-refractivity contribution in [1.82, 2.24) is 4.98 Å². The average Bonchev–Trinajstić information content (AvgIpc) is 2.91. The van der Waals surface area contributed by atoms with Crippen LogP contribution < -0.4 is 11.5 Å². The highest BCUT2D eigenvalue weighted by Crippen LogP contribution is 2.30. The number of nitrogens with two attached hydrogens (primary N) is 2. The summed E-state index contributed by atoms with van der Waals surface area (Å²) in [4.78, 5) is 4.28. The van der Waals surface area contributed by atoms with Gasteiger partial charge in [-0.3, -0.25) is 4.21 Å². The number of thiazole rings is 1. The maximum Gasteiger partial charge on any atom is 0.151 e. The van der Waals surface area contributed by atoms with Crippen molar-refractivity contribution in [2.75, 3.05) is 16.6 Å². The van der Waals surface area contributed by atoms with E-state index in [2.05, 4.69) is 4.98 Å². The number of benzene rings is 2. The second kappa shape index (κ2) is 8.25. The van der Waals surface area contributed by atoms with E-state index in [1.807, 2.05) is 12.1 Å². The predicted octanol–water partition coefficient (Wildman–Crippen LogP) is 3.22. The first-order chi connectivity index (χ1) is 10.9. The van der Waals surface area contributed by atoms with Crippen molar-refractivity contribution in [3.05, 3.63) is 48.3 Å². The normalized spacial score (nSPS) is 11.7. The fraction of sp³-hybridized carbons (Fsp3) is 0.0714. The third-order valence-corrected chi connectivity index (χ3v) is 5.54. The van der Waals surface area contributed by atoms with Crippen molar-refractivity contribution < 1.29 is 13.2 Å². The zero-order chi connectivity index (χ0) is 16.8. The molecule has 0 spiro atoms. The summed E-state index contributed by atoms with van der Waals surface area (Å²) in [7, 11) is 0. The minimum absolute atomic E-state index is 0.0370. The van der Waals surface area contributed by atoms with Gasteiger partial charge in [-0.25, -0.2) is 9.37 Å². The number of nitrogens with zero attached hydrogens (tertiary/aromatic N) is 1. The Bertz CT molecular complexity index is 788. The van der Waals surface area contributed by atoms with Crippen LogP contribution in [0.1, 0.15) is 0 Å². The van der Waals surface area contributed by atoms with Gasteiger partial charge < -0.3 is 16.0 Å². The van der Waals surface area contributed by atoms with E-state index < -0.39 is 11.1 Å². The van der Waals surface area contributed by atoms with Crippen molar-refractivity contribution in [3.63, 3.8) is 0 Å². The Morgan fingerprint density at radius 2 is 1.83 bits per heavy atom. The minimum Gasteiger partial charge on any atom is -0.772 e.